The highest BCUT2D eigenvalue weighted by molar-refractivity contribution is 6.24. The first kappa shape index (κ1) is 22.7. The van der Waals surface area contributed by atoms with Gasteiger partial charge in [0.15, 0.2) is 0 Å². The first-order valence-corrected chi connectivity index (χ1v) is 10.9. The number of hydrogen-bond donors (Lipinski definition) is 5. The van der Waals surface area contributed by atoms with E-state index in [1.165, 1.54) is 0 Å². The molecule has 0 spiro atoms. The molecule has 0 saturated heterocycles. The van der Waals surface area contributed by atoms with Gasteiger partial charge in [-0.15, -0.1) is 0 Å². The molecule has 7 heteroatoms. The van der Waals surface area contributed by atoms with Crippen LogP contribution in [0.25, 0.3) is 0 Å². The summed E-state index contributed by atoms with van der Waals surface area (Å²) in [5.74, 6) is -0.170. The summed E-state index contributed by atoms with van der Waals surface area (Å²) in [6, 6.07) is 16.8. The molecule has 0 bridgehead atoms. The van der Waals surface area contributed by atoms with Gasteiger partial charge < -0.3 is 27.8 Å². The molecule has 0 fully saturated rings. The second-order valence-corrected chi connectivity index (χ2v) is 8.41. The number of carbonyl (C=O) groups excluding carboxylic acids is 1. The van der Waals surface area contributed by atoms with Gasteiger partial charge >= 0.3 is 0 Å². The number of aryl methyl sites for hydroxylation is 3. The molecule has 34 heavy (non-hydrogen) atoms. The number of nitrogens with one attached hydrogen (secondary N) is 2. The molecule has 7 nitrogen and oxygen atoms in total. The molecule has 3 aromatic rings. The lowest BCUT2D eigenvalue weighted by Crippen LogP contribution is -2.22. The summed E-state index contributed by atoms with van der Waals surface area (Å²) < 4.78 is 0. The zero-order chi connectivity index (χ0) is 24.4. The smallest absolute Gasteiger partial charge is 0.204 e. The Morgan fingerprint density at radius 3 is 1.68 bits per heavy atom. The summed E-state index contributed by atoms with van der Waals surface area (Å²) >= 11 is 0. The first-order chi connectivity index (χ1) is 16.2. The van der Waals surface area contributed by atoms with Crippen LogP contribution in [0.5, 0.6) is 0 Å². The number of nitrogens with two attached hydrogens (primary N) is 3. The molecule has 1 aliphatic rings. The van der Waals surface area contributed by atoms with Gasteiger partial charge in [0.25, 0.3) is 0 Å². The third-order valence-corrected chi connectivity index (χ3v) is 5.70. The number of hydrogen-bond acceptors (Lipinski definition) is 7. The Balaban J connectivity index is 1.72. The summed E-state index contributed by atoms with van der Waals surface area (Å²) in [6.45, 7) is 5.79. The van der Waals surface area contributed by atoms with E-state index < -0.39 is 0 Å². The van der Waals surface area contributed by atoms with E-state index in [0.717, 1.165) is 33.8 Å². The van der Waals surface area contributed by atoms with E-state index in [9.17, 15) is 4.79 Å². The summed E-state index contributed by atoms with van der Waals surface area (Å²) in [5, 5.41) is 6.52. The number of rotatable bonds is 5. The summed E-state index contributed by atoms with van der Waals surface area (Å²) in [6.07, 6.45) is 3.29. The predicted octanol–water partition coefficient (Wildman–Crippen LogP) is 5.01. The number of anilines is 5. The van der Waals surface area contributed by atoms with Crippen LogP contribution in [-0.4, -0.2) is 11.5 Å². The van der Waals surface area contributed by atoms with E-state index in [2.05, 4.69) is 10.6 Å². The Kier molecular flexibility index (Phi) is 6.10. The molecule has 0 heterocycles. The monoisotopic (exact) mass is 452 g/mol. The van der Waals surface area contributed by atoms with Gasteiger partial charge in [-0.3, -0.25) is 4.79 Å². The third kappa shape index (κ3) is 4.94. The largest absolute Gasteiger partial charge is 0.399 e. The fourth-order valence-corrected chi connectivity index (χ4v) is 3.55. The first-order valence-electron chi connectivity index (χ1n) is 10.9. The van der Waals surface area contributed by atoms with Crippen LogP contribution < -0.4 is 27.8 Å². The summed E-state index contributed by atoms with van der Waals surface area (Å²) in [4.78, 5) is 17.8. The van der Waals surface area contributed by atoms with Crippen molar-refractivity contribution in [2.75, 3.05) is 27.8 Å². The minimum absolute atomic E-state index is 0.170. The highest BCUT2D eigenvalue weighted by Crippen LogP contribution is 2.26. The predicted molar refractivity (Wildman–Crippen MR) is 142 cm³/mol. The van der Waals surface area contributed by atoms with Crippen LogP contribution in [0.4, 0.5) is 34.1 Å². The van der Waals surface area contributed by atoms with Crippen molar-refractivity contribution in [1.29, 1.82) is 0 Å². The van der Waals surface area contributed by atoms with Crippen LogP contribution in [0, 0.1) is 20.8 Å². The van der Waals surface area contributed by atoms with Crippen LogP contribution in [0.1, 0.15) is 16.7 Å². The topological polar surface area (TPSA) is 132 Å². The molecule has 8 N–H and O–H groups in total. The van der Waals surface area contributed by atoms with Crippen LogP contribution >= 0.6 is 0 Å². The van der Waals surface area contributed by atoms with Crippen molar-refractivity contribution in [1.82, 2.24) is 0 Å². The van der Waals surface area contributed by atoms with Gasteiger partial charge in [0.05, 0.1) is 22.8 Å². The van der Waals surface area contributed by atoms with Gasteiger partial charge in [-0.25, -0.2) is 4.99 Å². The fourth-order valence-electron chi connectivity index (χ4n) is 3.55. The van der Waals surface area contributed by atoms with E-state index in [0.29, 0.717) is 34.2 Å². The van der Waals surface area contributed by atoms with E-state index in [-0.39, 0.29) is 5.78 Å². The molecule has 0 amide bonds. The SMILES string of the molecule is Cc1cc(/N=C2\C=C(Nc3ccc(N)c(C)c3)C(=O)C=C2Nc2ccc(N)c(C)c2)ccc1N. The molecule has 0 radical (unpaired) electrons. The lowest BCUT2D eigenvalue weighted by atomic mass is 10.0. The Hall–Kier alpha value is -4.52. The van der Waals surface area contributed by atoms with Gasteiger partial charge in [0.2, 0.25) is 5.78 Å². The Morgan fingerprint density at radius 2 is 1.15 bits per heavy atom. The van der Waals surface area contributed by atoms with Crippen molar-refractivity contribution in [3.8, 4) is 0 Å². The summed E-state index contributed by atoms with van der Waals surface area (Å²) in [5.41, 5.74) is 26.7. The van der Waals surface area contributed by atoms with E-state index in [1.807, 2.05) is 75.4 Å². The molecule has 4 rings (SSSR count). The Bertz CT molecular complexity index is 1380. The van der Waals surface area contributed by atoms with Gasteiger partial charge in [0.1, 0.15) is 0 Å². The maximum absolute atomic E-state index is 13.0. The van der Waals surface area contributed by atoms with Crippen molar-refractivity contribution in [3.05, 3.63) is 94.8 Å². The number of carbonyl (C=O) groups is 1. The maximum atomic E-state index is 13.0. The van der Waals surface area contributed by atoms with Gasteiger partial charge in [-0.2, -0.15) is 0 Å². The Labute approximate surface area is 199 Å². The highest BCUT2D eigenvalue weighted by Gasteiger charge is 2.20. The molecule has 0 aliphatic heterocycles. The van der Waals surface area contributed by atoms with Crippen molar-refractivity contribution >= 4 is 45.6 Å². The number of nitrogen functional groups attached to an aromatic ring is 3. The minimum Gasteiger partial charge on any atom is -0.399 e. The molecule has 0 saturated carbocycles. The molecule has 0 aromatic heterocycles. The number of allylic oxidation sites excluding steroid dienone is 2. The van der Waals surface area contributed by atoms with E-state index >= 15 is 0 Å². The van der Waals surface area contributed by atoms with Crippen LogP contribution in [0.3, 0.4) is 0 Å². The quantitative estimate of drug-likeness (QED) is 0.273. The van der Waals surface area contributed by atoms with Crippen LogP contribution in [0.15, 0.2) is 83.1 Å². The maximum Gasteiger partial charge on any atom is 0.204 e. The molecule has 1 aliphatic carbocycles. The molecule has 172 valence electrons. The molecular formula is C27H28N6O. The third-order valence-electron chi connectivity index (χ3n) is 5.70. The number of nitrogens with zero attached hydrogens (tertiary/aromatic N) is 1. The molecular weight excluding hydrogens is 424 g/mol. The van der Waals surface area contributed by atoms with Crippen molar-refractivity contribution in [2.24, 2.45) is 4.99 Å². The zero-order valence-electron chi connectivity index (χ0n) is 19.4. The zero-order valence-corrected chi connectivity index (χ0v) is 19.4. The lowest BCUT2D eigenvalue weighted by molar-refractivity contribution is -0.111. The standard InChI is InChI=1S/C27H28N6O/c1-15-10-18(4-7-21(15)28)31-24-13-26(33-20-6-9-23(30)17(3)12-20)27(34)14-25(24)32-19-5-8-22(29)16(2)11-19/h4-14,32-33H,28-30H2,1-3H3/b31-24+. The molecule has 0 atom stereocenters. The molecule has 3 aromatic carbocycles. The highest BCUT2D eigenvalue weighted by atomic mass is 16.1. The van der Waals surface area contributed by atoms with Gasteiger partial charge in [-0.05, 0) is 98.1 Å². The second kappa shape index (κ2) is 9.15. The molecule has 0 unspecified atom stereocenters. The van der Waals surface area contributed by atoms with E-state index in [4.69, 9.17) is 22.2 Å². The number of ketones is 1. The normalized spacial score (nSPS) is 14.6. The van der Waals surface area contributed by atoms with Crippen molar-refractivity contribution in [3.63, 3.8) is 0 Å². The summed E-state index contributed by atoms with van der Waals surface area (Å²) in [7, 11) is 0. The fraction of sp³-hybridized carbons (Fsp3) is 0.111. The van der Waals surface area contributed by atoms with Crippen molar-refractivity contribution < 1.29 is 4.79 Å². The number of aliphatic imine (C=N–C) groups is 1. The van der Waals surface area contributed by atoms with Crippen LogP contribution in [-0.2, 0) is 4.79 Å². The second-order valence-electron chi connectivity index (χ2n) is 8.41. The average Bonchev–Trinajstić information content (AvgIpc) is 2.79. The lowest BCUT2D eigenvalue weighted by Gasteiger charge is -2.19. The minimum atomic E-state index is -0.170. The average molecular weight is 453 g/mol. The van der Waals surface area contributed by atoms with E-state index in [1.54, 1.807) is 12.2 Å². The van der Waals surface area contributed by atoms with Crippen molar-refractivity contribution in [2.45, 2.75) is 20.8 Å². The van der Waals surface area contributed by atoms with Gasteiger partial charge in [0, 0.05) is 34.5 Å². The Morgan fingerprint density at radius 1 is 0.647 bits per heavy atom. The van der Waals surface area contributed by atoms with Crippen LogP contribution in [0.2, 0.25) is 0 Å². The number of benzene rings is 3. The van der Waals surface area contributed by atoms with Gasteiger partial charge in [-0.1, -0.05) is 0 Å².